The normalized spacial score (nSPS) is 11.8. The number of rotatable bonds is 8. The van der Waals surface area contributed by atoms with E-state index in [4.69, 9.17) is 0 Å². The quantitative estimate of drug-likeness (QED) is 0.562. The molecule has 1 heterocycles. The number of benzene rings is 1. The molecule has 0 bridgehead atoms. The van der Waals surface area contributed by atoms with Crippen LogP contribution in [0.25, 0.3) is 0 Å². The molecule has 2 aromatic rings. The molecule has 0 aliphatic rings. The molecule has 0 radical (unpaired) electrons. The second kappa shape index (κ2) is 10.2. The van der Waals surface area contributed by atoms with Crippen molar-refractivity contribution >= 4 is 17.3 Å². The van der Waals surface area contributed by atoms with Gasteiger partial charge in [-0.1, -0.05) is 24.3 Å². The van der Waals surface area contributed by atoms with Crippen molar-refractivity contribution in [2.24, 2.45) is 4.99 Å². The number of nitrogens with one attached hydrogen (secondary N) is 2. The van der Waals surface area contributed by atoms with Crippen molar-refractivity contribution in [3.05, 3.63) is 51.5 Å². The Kier molecular flexibility index (Phi) is 7.88. The summed E-state index contributed by atoms with van der Waals surface area (Å²) in [6.45, 7) is 7.44. The first kappa shape index (κ1) is 19.4. The third-order valence-corrected chi connectivity index (χ3v) is 4.45. The van der Waals surface area contributed by atoms with Crippen molar-refractivity contribution in [2.45, 2.75) is 33.4 Å². The predicted octanol–water partition coefficient (Wildman–Crippen LogP) is 2.81. The first-order valence-corrected chi connectivity index (χ1v) is 9.60. The topological polar surface area (TPSA) is 52.6 Å². The van der Waals surface area contributed by atoms with Crippen LogP contribution in [0.2, 0.25) is 0 Å². The molecule has 0 fully saturated rings. The fourth-order valence-corrected chi connectivity index (χ4v) is 3.11. The molecule has 5 nitrogen and oxygen atoms in total. The van der Waals surface area contributed by atoms with Crippen LogP contribution in [-0.4, -0.2) is 43.0 Å². The standard InChI is InChI=1S/C19H29N5S/c1-5-20-19(21-11-10-18-14-25-15(2)23-18)22-12-16-6-8-17(9-7-16)13-24(3)4/h6-9,14H,5,10-13H2,1-4H3,(H2,20,21,22). The van der Waals surface area contributed by atoms with Crippen LogP contribution in [0, 0.1) is 6.92 Å². The summed E-state index contributed by atoms with van der Waals surface area (Å²) < 4.78 is 0. The molecule has 25 heavy (non-hydrogen) atoms. The van der Waals surface area contributed by atoms with Gasteiger partial charge in [0.1, 0.15) is 0 Å². The average molecular weight is 360 g/mol. The van der Waals surface area contributed by atoms with E-state index in [1.807, 2.05) is 6.92 Å². The Bertz CT molecular complexity index is 661. The van der Waals surface area contributed by atoms with Crippen LogP contribution in [0.15, 0.2) is 34.6 Å². The lowest BCUT2D eigenvalue weighted by atomic mass is 10.1. The van der Waals surface area contributed by atoms with Crippen molar-refractivity contribution < 1.29 is 0 Å². The summed E-state index contributed by atoms with van der Waals surface area (Å²) in [4.78, 5) is 11.3. The van der Waals surface area contributed by atoms with Crippen LogP contribution in [0.1, 0.15) is 28.8 Å². The molecule has 0 atom stereocenters. The summed E-state index contributed by atoms with van der Waals surface area (Å²) >= 11 is 1.70. The first-order chi connectivity index (χ1) is 12.1. The van der Waals surface area contributed by atoms with Crippen LogP contribution in [0.5, 0.6) is 0 Å². The van der Waals surface area contributed by atoms with Gasteiger partial charge in [-0.05, 0) is 39.1 Å². The Morgan fingerprint density at radius 1 is 1.16 bits per heavy atom. The molecule has 0 unspecified atom stereocenters. The maximum Gasteiger partial charge on any atom is 0.191 e. The Hall–Kier alpha value is -1.92. The maximum absolute atomic E-state index is 4.68. The summed E-state index contributed by atoms with van der Waals surface area (Å²) in [5.41, 5.74) is 3.68. The SMILES string of the molecule is CCNC(=NCc1ccc(CN(C)C)cc1)NCCc1csc(C)n1. The van der Waals surface area contributed by atoms with Gasteiger partial charge in [-0.3, -0.25) is 0 Å². The lowest BCUT2D eigenvalue weighted by Crippen LogP contribution is -2.38. The van der Waals surface area contributed by atoms with Gasteiger partial charge in [-0.25, -0.2) is 9.98 Å². The van der Waals surface area contributed by atoms with Crippen LogP contribution >= 0.6 is 11.3 Å². The van der Waals surface area contributed by atoms with Gasteiger partial charge in [-0.2, -0.15) is 0 Å². The number of aromatic nitrogens is 1. The van der Waals surface area contributed by atoms with E-state index in [1.54, 1.807) is 11.3 Å². The number of nitrogens with zero attached hydrogens (tertiary/aromatic N) is 3. The summed E-state index contributed by atoms with van der Waals surface area (Å²) in [6, 6.07) is 8.67. The molecule has 0 aliphatic carbocycles. The monoisotopic (exact) mass is 359 g/mol. The van der Waals surface area contributed by atoms with Gasteiger partial charge in [0, 0.05) is 31.4 Å². The Balaban J connectivity index is 1.85. The van der Waals surface area contributed by atoms with Gasteiger partial charge in [0.05, 0.1) is 17.2 Å². The number of guanidine groups is 1. The van der Waals surface area contributed by atoms with E-state index in [1.165, 1.54) is 11.1 Å². The van der Waals surface area contributed by atoms with Crippen molar-refractivity contribution in [2.75, 3.05) is 27.2 Å². The molecule has 1 aromatic carbocycles. The lowest BCUT2D eigenvalue weighted by molar-refractivity contribution is 0.402. The highest BCUT2D eigenvalue weighted by atomic mass is 32.1. The van der Waals surface area contributed by atoms with Crippen molar-refractivity contribution in [3.63, 3.8) is 0 Å². The largest absolute Gasteiger partial charge is 0.357 e. The summed E-state index contributed by atoms with van der Waals surface area (Å²) in [6.07, 6.45) is 0.911. The summed E-state index contributed by atoms with van der Waals surface area (Å²) in [5, 5.41) is 9.92. The van der Waals surface area contributed by atoms with Crippen molar-refractivity contribution in [3.8, 4) is 0 Å². The van der Waals surface area contributed by atoms with Gasteiger partial charge in [0.2, 0.25) is 0 Å². The second-order valence-corrected chi connectivity index (χ2v) is 7.35. The van der Waals surface area contributed by atoms with Gasteiger partial charge in [0.25, 0.3) is 0 Å². The molecule has 0 aliphatic heterocycles. The van der Waals surface area contributed by atoms with Crippen LogP contribution in [0.3, 0.4) is 0 Å². The molecule has 2 N–H and O–H groups in total. The van der Waals surface area contributed by atoms with Crippen LogP contribution < -0.4 is 10.6 Å². The van der Waals surface area contributed by atoms with Crippen LogP contribution in [-0.2, 0) is 19.5 Å². The van der Waals surface area contributed by atoms with Crippen molar-refractivity contribution in [1.82, 2.24) is 20.5 Å². The molecule has 6 heteroatoms. The van der Waals surface area contributed by atoms with E-state index >= 15 is 0 Å². The number of aliphatic imine (C=N–C) groups is 1. The van der Waals surface area contributed by atoms with Gasteiger partial charge < -0.3 is 15.5 Å². The maximum atomic E-state index is 4.68. The number of thiazole rings is 1. The summed E-state index contributed by atoms with van der Waals surface area (Å²) in [5.74, 6) is 0.854. The van der Waals surface area contributed by atoms with E-state index in [-0.39, 0.29) is 0 Å². The van der Waals surface area contributed by atoms with E-state index in [2.05, 4.69) is 76.2 Å². The molecular formula is C19H29N5S. The number of aryl methyl sites for hydroxylation is 1. The zero-order chi connectivity index (χ0) is 18.1. The fourth-order valence-electron chi connectivity index (χ4n) is 2.46. The van der Waals surface area contributed by atoms with E-state index < -0.39 is 0 Å². The molecule has 0 spiro atoms. The zero-order valence-electron chi connectivity index (χ0n) is 15.7. The fraction of sp³-hybridized carbons (Fsp3) is 0.474. The highest BCUT2D eigenvalue weighted by molar-refractivity contribution is 7.09. The molecule has 136 valence electrons. The average Bonchev–Trinajstić information content (AvgIpc) is 2.99. The van der Waals surface area contributed by atoms with Gasteiger partial charge in [0.15, 0.2) is 5.96 Å². The molecule has 0 amide bonds. The van der Waals surface area contributed by atoms with Crippen LogP contribution in [0.4, 0.5) is 0 Å². The highest BCUT2D eigenvalue weighted by Crippen LogP contribution is 2.08. The second-order valence-electron chi connectivity index (χ2n) is 6.28. The van der Waals surface area contributed by atoms with E-state index in [9.17, 15) is 0 Å². The molecule has 2 rings (SSSR count). The van der Waals surface area contributed by atoms with Gasteiger partial charge in [-0.15, -0.1) is 11.3 Å². The first-order valence-electron chi connectivity index (χ1n) is 8.72. The van der Waals surface area contributed by atoms with Gasteiger partial charge >= 0.3 is 0 Å². The van der Waals surface area contributed by atoms with E-state index in [0.717, 1.165) is 42.7 Å². The lowest BCUT2D eigenvalue weighted by Gasteiger charge is -2.11. The third-order valence-electron chi connectivity index (χ3n) is 3.63. The molecule has 0 saturated carbocycles. The Labute approximate surface area is 155 Å². The Morgan fingerprint density at radius 2 is 1.88 bits per heavy atom. The Morgan fingerprint density at radius 3 is 2.48 bits per heavy atom. The third kappa shape index (κ3) is 7.23. The molecular weight excluding hydrogens is 330 g/mol. The minimum Gasteiger partial charge on any atom is -0.357 e. The van der Waals surface area contributed by atoms with Crippen molar-refractivity contribution in [1.29, 1.82) is 0 Å². The minimum absolute atomic E-state index is 0.674. The molecule has 0 saturated heterocycles. The minimum atomic E-state index is 0.674. The number of hydrogen-bond donors (Lipinski definition) is 2. The zero-order valence-corrected chi connectivity index (χ0v) is 16.5. The highest BCUT2D eigenvalue weighted by Gasteiger charge is 2.01. The smallest absolute Gasteiger partial charge is 0.191 e. The summed E-state index contributed by atoms with van der Waals surface area (Å²) in [7, 11) is 4.17. The number of hydrogen-bond acceptors (Lipinski definition) is 4. The molecule has 1 aromatic heterocycles. The predicted molar refractivity (Wildman–Crippen MR) is 107 cm³/mol. The van der Waals surface area contributed by atoms with E-state index in [0.29, 0.717) is 6.54 Å².